The smallest absolute Gasteiger partial charge is 0.262 e. The molecule has 8 heteroatoms. The molecule has 2 aromatic heterocycles. The lowest BCUT2D eigenvalue weighted by Gasteiger charge is -2.11. The molecule has 0 saturated carbocycles. The van der Waals surface area contributed by atoms with Crippen molar-refractivity contribution in [1.82, 2.24) is 19.2 Å². The number of nitrogens with zero attached hydrogens (tertiary/aromatic N) is 4. The third kappa shape index (κ3) is 2.61. The van der Waals surface area contributed by atoms with Crippen LogP contribution in [0.5, 0.6) is 0 Å². The fraction of sp³-hybridized carbons (Fsp3) is 0.167. The summed E-state index contributed by atoms with van der Waals surface area (Å²) in [6.45, 7) is 2.60. The fourth-order valence-electron chi connectivity index (χ4n) is 3.02. The maximum Gasteiger partial charge on any atom is 0.262 e. The van der Waals surface area contributed by atoms with Crippen LogP contribution in [-0.4, -0.2) is 19.2 Å². The predicted octanol–water partition coefficient (Wildman–Crippen LogP) is 3.47. The van der Waals surface area contributed by atoms with Crippen LogP contribution in [0.3, 0.4) is 0 Å². The van der Waals surface area contributed by atoms with E-state index < -0.39 is 5.82 Å². The molecule has 132 valence electrons. The summed E-state index contributed by atoms with van der Waals surface area (Å²) in [6, 6.07) is 11.7. The van der Waals surface area contributed by atoms with Gasteiger partial charge in [0.25, 0.3) is 5.56 Å². The van der Waals surface area contributed by atoms with Crippen molar-refractivity contribution in [2.45, 2.75) is 20.0 Å². The molecular formula is C18H15ClFN5O. The van der Waals surface area contributed by atoms with Gasteiger partial charge in [0.15, 0.2) is 5.82 Å². The highest BCUT2D eigenvalue weighted by molar-refractivity contribution is 6.30. The second kappa shape index (κ2) is 6.42. The maximum atomic E-state index is 14.0. The number of aryl methyl sites for hydroxylation is 1. The average molecular weight is 372 g/mol. The van der Waals surface area contributed by atoms with Gasteiger partial charge in [0.2, 0.25) is 5.78 Å². The van der Waals surface area contributed by atoms with Crippen LogP contribution in [0.4, 0.5) is 10.1 Å². The SMILES string of the molecule is CCn1c(=O)c2ccccc2n2c(CNc3ccc(Cl)cc3F)nnc12. The molecule has 0 atom stereocenters. The first kappa shape index (κ1) is 16.5. The number of para-hydroxylation sites is 1. The highest BCUT2D eigenvalue weighted by Crippen LogP contribution is 2.20. The van der Waals surface area contributed by atoms with Gasteiger partial charge in [0, 0.05) is 11.6 Å². The second-order valence-corrected chi connectivity index (χ2v) is 6.23. The van der Waals surface area contributed by atoms with Gasteiger partial charge in [-0.3, -0.25) is 13.8 Å². The van der Waals surface area contributed by atoms with Crippen molar-refractivity contribution in [3.05, 3.63) is 69.5 Å². The summed E-state index contributed by atoms with van der Waals surface area (Å²) in [4.78, 5) is 12.6. The molecule has 0 unspecified atom stereocenters. The van der Waals surface area contributed by atoms with E-state index in [1.165, 1.54) is 6.07 Å². The lowest BCUT2D eigenvalue weighted by molar-refractivity contribution is 0.630. The normalized spacial score (nSPS) is 11.3. The number of halogens is 2. The summed E-state index contributed by atoms with van der Waals surface area (Å²) in [5.74, 6) is 0.596. The Balaban J connectivity index is 1.84. The van der Waals surface area contributed by atoms with E-state index in [9.17, 15) is 9.18 Å². The number of nitrogens with one attached hydrogen (secondary N) is 1. The van der Waals surface area contributed by atoms with E-state index in [4.69, 9.17) is 11.6 Å². The van der Waals surface area contributed by atoms with Crippen LogP contribution in [0.15, 0.2) is 47.3 Å². The minimum absolute atomic E-state index is 0.105. The van der Waals surface area contributed by atoms with E-state index in [0.717, 1.165) is 5.52 Å². The van der Waals surface area contributed by atoms with Crippen molar-refractivity contribution in [3.8, 4) is 0 Å². The molecule has 0 fully saturated rings. The molecule has 0 bridgehead atoms. The van der Waals surface area contributed by atoms with Gasteiger partial charge in [-0.1, -0.05) is 23.7 Å². The lowest BCUT2D eigenvalue weighted by Crippen LogP contribution is -2.23. The number of anilines is 1. The van der Waals surface area contributed by atoms with Crippen molar-refractivity contribution in [2.75, 3.05) is 5.32 Å². The van der Waals surface area contributed by atoms with Crippen molar-refractivity contribution < 1.29 is 4.39 Å². The molecule has 1 N–H and O–H groups in total. The van der Waals surface area contributed by atoms with Crippen LogP contribution in [-0.2, 0) is 13.1 Å². The number of benzene rings is 2. The van der Waals surface area contributed by atoms with Crippen molar-refractivity contribution in [3.63, 3.8) is 0 Å². The van der Waals surface area contributed by atoms with E-state index in [-0.39, 0.29) is 12.1 Å². The highest BCUT2D eigenvalue weighted by Gasteiger charge is 2.15. The number of fused-ring (bicyclic) bond motifs is 3. The summed E-state index contributed by atoms with van der Waals surface area (Å²) in [7, 11) is 0. The Morgan fingerprint density at radius 3 is 2.77 bits per heavy atom. The van der Waals surface area contributed by atoms with Gasteiger partial charge >= 0.3 is 0 Å². The standard InChI is InChI=1S/C18H15ClFN5O/c1-2-24-17(26)12-5-3-4-6-15(12)25-16(22-23-18(24)25)10-21-14-8-7-11(19)9-13(14)20/h3-9,21H,2,10H2,1H3. The minimum Gasteiger partial charge on any atom is -0.375 e. The van der Waals surface area contributed by atoms with Crippen molar-refractivity contribution in [1.29, 1.82) is 0 Å². The molecule has 4 aromatic rings. The molecule has 0 aliphatic rings. The Kier molecular flexibility index (Phi) is 4.08. The molecule has 0 spiro atoms. The fourth-order valence-corrected chi connectivity index (χ4v) is 3.18. The quantitative estimate of drug-likeness (QED) is 0.596. The summed E-state index contributed by atoms with van der Waals surface area (Å²) in [6.07, 6.45) is 0. The van der Waals surface area contributed by atoms with Gasteiger partial charge in [-0.25, -0.2) is 4.39 Å². The van der Waals surface area contributed by atoms with Crippen LogP contribution in [0, 0.1) is 5.82 Å². The van der Waals surface area contributed by atoms with Gasteiger partial charge in [0.1, 0.15) is 5.82 Å². The molecule has 0 radical (unpaired) electrons. The van der Waals surface area contributed by atoms with Gasteiger partial charge < -0.3 is 5.32 Å². The third-order valence-corrected chi connectivity index (χ3v) is 4.49. The largest absolute Gasteiger partial charge is 0.375 e. The van der Waals surface area contributed by atoms with E-state index in [1.54, 1.807) is 22.8 Å². The van der Waals surface area contributed by atoms with E-state index in [1.807, 2.05) is 29.5 Å². The van der Waals surface area contributed by atoms with Crippen LogP contribution in [0.25, 0.3) is 16.7 Å². The highest BCUT2D eigenvalue weighted by atomic mass is 35.5. The predicted molar refractivity (Wildman–Crippen MR) is 99.2 cm³/mol. The monoisotopic (exact) mass is 371 g/mol. The van der Waals surface area contributed by atoms with Gasteiger partial charge in [-0.05, 0) is 37.3 Å². The second-order valence-electron chi connectivity index (χ2n) is 5.80. The molecule has 0 aliphatic heterocycles. The topological polar surface area (TPSA) is 64.2 Å². The Labute approximate surface area is 152 Å². The summed E-state index contributed by atoms with van der Waals surface area (Å²) >= 11 is 5.78. The van der Waals surface area contributed by atoms with E-state index >= 15 is 0 Å². The van der Waals surface area contributed by atoms with Crippen molar-refractivity contribution >= 4 is 34.0 Å². The Morgan fingerprint density at radius 2 is 2.00 bits per heavy atom. The maximum absolute atomic E-state index is 14.0. The van der Waals surface area contributed by atoms with E-state index in [0.29, 0.717) is 34.2 Å². The molecule has 26 heavy (non-hydrogen) atoms. The molecule has 0 aliphatic carbocycles. The number of aromatic nitrogens is 4. The zero-order chi connectivity index (χ0) is 18.3. The Hall–Kier alpha value is -2.93. The van der Waals surface area contributed by atoms with Crippen LogP contribution >= 0.6 is 11.6 Å². The first-order chi connectivity index (χ1) is 12.6. The zero-order valence-electron chi connectivity index (χ0n) is 13.9. The van der Waals surface area contributed by atoms with Gasteiger partial charge in [0.05, 0.1) is 23.1 Å². The molecule has 6 nitrogen and oxygen atoms in total. The number of rotatable bonds is 4. The summed E-state index contributed by atoms with van der Waals surface area (Å²) in [5.41, 5.74) is 0.932. The summed E-state index contributed by atoms with van der Waals surface area (Å²) in [5, 5.41) is 12.3. The zero-order valence-corrected chi connectivity index (χ0v) is 14.7. The first-order valence-corrected chi connectivity index (χ1v) is 8.52. The molecule has 2 aromatic carbocycles. The molecule has 0 saturated heterocycles. The lowest BCUT2D eigenvalue weighted by atomic mass is 10.2. The molecular weight excluding hydrogens is 357 g/mol. The van der Waals surface area contributed by atoms with Crippen LogP contribution < -0.4 is 10.9 Å². The Morgan fingerprint density at radius 1 is 1.19 bits per heavy atom. The average Bonchev–Trinajstić information content (AvgIpc) is 3.05. The van der Waals surface area contributed by atoms with Gasteiger partial charge in [-0.2, -0.15) is 0 Å². The summed E-state index contributed by atoms with van der Waals surface area (Å²) < 4.78 is 17.4. The minimum atomic E-state index is -0.443. The van der Waals surface area contributed by atoms with Crippen LogP contribution in [0.1, 0.15) is 12.7 Å². The number of hydrogen-bond donors (Lipinski definition) is 1. The van der Waals surface area contributed by atoms with Crippen molar-refractivity contribution in [2.24, 2.45) is 0 Å². The Bertz CT molecular complexity index is 1180. The third-order valence-electron chi connectivity index (χ3n) is 4.26. The van der Waals surface area contributed by atoms with Crippen LogP contribution in [0.2, 0.25) is 5.02 Å². The molecule has 2 heterocycles. The van der Waals surface area contributed by atoms with Gasteiger partial charge in [-0.15, -0.1) is 10.2 Å². The first-order valence-electron chi connectivity index (χ1n) is 8.14. The van der Waals surface area contributed by atoms with E-state index in [2.05, 4.69) is 15.5 Å². The molecule has 0 amide bonds. The molecule has 4 rings (SSSR count). The number of hydrogen-bond acceptors (Lipinski definition) is 4.